The van der Waals surface area contributed by atoms with Crippen molar-refractivity contribution in [2.75, 3.05) is 25.9 Å². The van der Waals surface area contributed by atoms with E-state index in [9.17, 15) is 18.0 Å². The molecule has 0 spiro atoms. The Morgan fingerprint density at radius 3 is 2.28 bits per heavy atom. The Hall–Kier alpha value is -2.09. The van der Waals surface area contributed by atoms with Crippen molar-refractivity contribution in [3.63, 3.8) is 0 Å². The maximum absolute atomic E-state index is 12.2. The molecule has 25 heavy (non-hydrogen) atoms. The predicted octanol–water partition coefficient (Wildman–Crippen LogP) is 0.943. The normalized spacial score (nSPS) is 15.7. The lowest BCUT2D eigenvalue weighted by atomic mass is 10.0. The van der Waals surface area contributed by atoms with Gasteiger partial charge < -0.3 is 15.5 Å². The smallest absolute Gasteiger partial charge is 0.317 e. The van der Waals surface area contributed by atoms with Gasteiger partial charge in [-0.3, -0.25) is 4.79 Å². The summed E-state index contributed by atoms with van der Waals surface area (Å²) in [4.78, 5) is 25.9. The van der Waals surface area contributed by atoms with Crippen molar-refractivity contribution in [3.8, 4) is 0 Å². The van der Waals surface area contributed by atoms with E-state index in [1.54, 1.807) is 17.0 Å². The molecule has 1 aromatic rings. The summed E-state index contributed by atoms with van der Waals surface area (Å²) in [5.74, 6) is -0.0939. The van der Waals surface area contributed by atoms with E-state index in [2.05, 4.69) is 10.6 Å². The second kappa shape index (κ2) is 8.33. The predicted molar refractivity (Wildman–Crippen MR) is 95.1 cm³/mol. The molecule has 0 unspecified atom stereocenters. The number of carbonyl (C=O) groups excluding carboxylic acids is 2. The summed E-state index contributed by atoms with van der Waals surface area (Å²) in [7, 11) is -3.23. The third-order valence-electron chi connectivity index (χ3n) is 4.19. The topological polar surface area (TPSA) is 95.6 Å². The highest BCUT2D eigenvalue weighted by Crippen LogP contribution is 2.13. The van der Waals surface area contributed by atoms with E-state index >= 15 is 0 Å². The molecule has 1 aromatic carbocycles. The number of nitrogens with one attached hydrogen (secondary N) is 2. The number of urea groups is 1. The van der Waals surface area contributed by atoms with Crippen LogP contribution in [-0.2, 0) is 21.1 Å². The summed E-state index contributed by atoms with van der Waals surface area (Å²) in [5, 5.41) is 5.76. The zero-order valence-electron chi connectivity index (χ0n) is 14.6. The molecule has 3 amide bonds. The van der Waals surface area contributed by atoms with Gasteiger partial charge in [-0.2, -0.15) is 0 Å². The third-order valence-corrected chi connectivity index (χ3v) is 5.32. The molecular weight excluding hydrogens is 342 g/mol. The molecule has 1 aliphatic rings. The second-order valence-corrected chi connectivity index (χ2v) is 8.27. The molecule has 1 fully saturated rings. The molecule has 0 aromatic heterocycles. The van der Waals surface area contributed by atoms with E-state index in [4.69, 9.17) is 0 Å². The zero-order chi connectivity index (χ0) is 18.4. The number of carbonyl (C=O) groups is 2. The Balaban J connectivity index is 1.80. The van der Waals surface area contributed by atoms with Gasteiger partial charge in [0.1, 0.15) is 0 Å². The first-order valence-electron chi connectivity index (χ1n) is 8.40. The SMILES string of the molecule is CCNC(=O)N1CCC(NC(=O)Cc2ccc(S(C)(=O)=O)cc2)CC1. The Morgan fingerprint density at radius 1 is 1.16 bits per heavy atom. The van der Waals surface area contributed by atoms with Crippen LogP contribution >= 0.6 is 0 Å². The highest BCUT2D eigenvalue weighted by molar-refractivity contribution is 7.90. The maximum Gasteiger partial charge on any atom is 0.317 e. The molecular formula is C17H25N3O4S. The lowest BCUT2D eigenvalue weighted by Crippen LogP contribution is -2.49. The van der Waals surface area contributed by atoms with Crippen LogP contribution in [0.25, 0.3) is 0 Å². The minimum atomic E-state index is -3.23. The van der Waals surface area contributed by atoms with Gasteiger partial charge in [-0.15, -0.1) is 0 Å². The van der Waals surface area contributed by atoms with Gasteiger partial charge in [-0.25, -0.2) is 13.2 Å². The summed E-state index contributed by atoms with van der Waals surface area (Å²) >= 11 is 0. The van der Waals surface area contributed by atoms with Crippen molar-refractivity contribution >= 4 is 21.8 Å². The fraction of sp³-hybridized carbons (Fsp3) is 0.529. The van der Waals surface area contributed by atoms with Gasteiger partial charge >= 0.3 is 6.03 Å². The number of likely N-dealkylation sites (tertiary alicyclic amines) is 1. The van der Waals surface area contributed by atoms with Crippen LogP contribution in [0.2, 0.25) is 0 Å². The third kappa shape index (κ3) is 5.74. The summed E-state index contributed by atoms with van der Waals surface area (Å²) in [6, 6.07) is 6.36. The average Bonchev–Trinajstić information content (AvgIpc) is 2.55. The summed E-state index contributed by atoms with van der Waals surface area (Å²) in [6.07, 6.45) is 2.83. The van der Waals surface area contributed by atoms with Crippen LogP contribution in [-0.4, -0.2) is 57.2 Å². The largest absolute Gasteiger partial charge is 0.353 e. The monoisotopic (exact) mass is 367 g/mol. The van der Waals surface area contributed by atoms with Crippen LogP contribution < -0.4 is 10.6 Å². The number of rotatable bonds is 5. The van der Waals surface area contributed by atoms with Crippen molar-refractivity contribution in [2.24, 2.45) is 0 Å². The van der Waals surface area contributed by atoms with Crippen molar-refractivity contribution in [1.29, 1.82) is 0 Å². The maximum atomic E-state index is 12.2. The minimum Gasteiger partial charge on any atom is -0.353 e. The highest BCUT2D eigenvalue weighted by atomic mass is 32.2. The molecule has 1 aliphatic heterocycles. The minimum absolute atomic E-state index is 0.0572. The molecule has 0 atom stereocenters. The fourth-order valence-electron chi connectivity index (χ4n) is 2.81. The van der Waals surface area contributed by atoms with Crippen molar-refractivity contribution in [3.05, 3.63) is 29.8 Å². The summed E-state index contributed by atoms with van der Waals surface area (Å²) < 4.78 is 22.9. The highest BCUT2D eigenvalue weighted by Gasteiger charge is 2.23. The Bertz CT molecular complexity index is 708. The number of amides is 3. The van der Waals surface area contributed by atoms with Gasteiger partial charge in [-0.1, -0.05) is 12.1 Å². The average molecular weight is 367 g/mol. The fourth-order valence-corrected chi connectivity index (χ4v) is 3.44. The van der Waals surface area contributed by atoms with E-state index in [1.807, 2.05) is 6.92 Å². The first kappa shape index (κ1) is 19.2. The molecule has 0 radical (unpaired) electrons. The molecule has 2 N–H and O–H groups in total. The van der Waals surface area contributed by atoms with E-state index in [0.29, 0.717) is 19.6 Å². The lowest BCUT2D eigenvalue weighted by Gasteiger charge is -2.32. The standard InChI is InChI=1S/C17H25N3O4S/c1-3-18-17(22)20-10-8-14(9-11-20)19-16(21)12-13-4-6-15(7-5-13)25(2,23)24/h4-7,14H,3,8-12H2,1-2H3,(H,18,22)(H,19,21). The molecule has 1 heterocycles. The molecule has 1 saturated heterocycles. The number of nitrogens with zero attached hydrogens (tertiary/aromatic N) is 1. The lowest BCUT2D eigenvalue weighted by molar-refractivity contribution is -0.121. The van der Waals surface area contributed by atoms with Crippen molar-refractivity contribution in [2.45, 2.75) is 37.1 Å². The number of hydrogen-bond acceptors (Lipinski definition) is 4. The Kier molecular flexibility index (Phi) is 6.41. The molecule has 2 rings (SSSR count). The van der Waals surface area contributed by atoms with Crippen molar-refractivity contribution < 1.29 is 18.0 Å². The van der Waals surface area contributed by atoms with Crippen LogP contribution in [0.15, 0.2) is 29.2 Å². The number of piperidine rings is 1. The van der Waals surface area contributed by atoms with Crippen LogP contribution in [0.1, 0.15) is 25.3 Å². The molecule has 138 valence electrons. The van der Waals surface area contributed by atoms with Gasteiger partial charge in [0.15, 0.2) is 9.84 Å². The summed E-state index contributed by atoms with van der Waals surface area (Å²) in [6.45, 7) is 3.74. The van der Waals surface area contributed by atoms with E-state index in [1.165, 1.54) is 12.1 Å². The van der Waals surface area contributed by atoms with Gasteiger partial charge in [0, 0.05) is 31.9 Å². The van der Waals surface area contributed by atoms with Gasteiger partial charge in [0.25, 0.3) is 0 Å². The molecule has 0 bridgehead atoms. The second-order valence-electron chi connectivity index (χ2n) is 6.26. The molecule has 8 heteroatoms. The van der Waals surface area contributed by atoms with Crippen LogP contribution in [0.5, 0.6) is 0 Å². The first-order chi connectivity index (χ1) is 11.8. The quantitative estimate of drug-likeness (QED) is 0.810. The van der Waals surface area contributed by atoms with Crippen LogP contribution in [0.4, 0.5) is 4.79 Å². The molecule has 0 saturated carbocycles. The van der Waals surface area contributed by atoms with E-state index in [-0.39, 0.29) is 29.3 Å². The van der Waals surface area contributed by atoms with Gasteiger partial charge in [-0.05, 0) is 37.5 Å². The van der Waals surface area contributed by atoms with Gasteiger partial charge in [0.2, 0.25) is 5.91 Å². The Morgan fingerprint density at radius 2 is 1.76 bits per heavy atom. The van der Waals surface area contributed by atoms with Crippen molar-refractivity contribution in [1.82, 2.24) is 15.5 Å². The molecule has 0 aliphatic carbocycles. The number of sulfone groups is 1. The molecule has 7 nitrogen and oxygen atoms in total. The van der Waals surface area contributed by atoms with E-state index < -0.39 is 9.84 Å². The Labute approximate surface area is 148 Å². The zero-order valence-corrected chi connectivity index (χ0v) is 15.4. The van der Waals surface area contributed by atoms with Gasteiger partial charge in [0.05, 0.1) is 11.3 Å². The first-order valence-corrected chi connectivity index (χ1v) is 10.3. The number of benzene rings is 1. The number of hydrogen-bond donors (Lipinski definition) is 2. The van der Waals surface area contributed by atoms with E-state index in [0.717, 1.165) is 24.7 Å². The van der Waals surface area contributed by atoms with Crippen LogP contribution in [0, 0.1) is 0 Å². The van der Waals surface area contributed by atoms with Crippen LogP contribution in [0.3, 0.4) is 0 Å². The summed E-state index contributed by atoms with van der Waals surface area (Å²) in [5.41, 5.74) is 0.768.